The Hall–Kier alpha value is -1.25. The molecule has 1 N–H and O–H groups in total. The summed E-state index contributed by atoms with van der Waals surface area (Å²) in [4.78, 5) is 6.97. The predicted octanol–water partition coefficient (Wildman–Crippen LogP) is 3.74. The van der Waals surface area contributed by atoms with E-state index >= 15 is 0 Å². The van der Waals surface area contributed by atoms with Crippen LogP contribution in [0.1, 0.15) is 56.4 Å². The molecule has 0 spiro atoms. The number of hydrogen-bond donors (Lipinski definition) is 1. The zero-order valence-electron chi connectivity index (χ0n) is 12.9. The monoisotopic (exact) mass is 262 g/mol. The molecular weight excluding hydrogens is 236 g/mol. The fourth-order valence-corrected chi connectivity index (χ4v) is 3.11. The Kier molecular flexibility index (Phi) is 3.75. The maximum atomic E-state index is 10.0. The minimum Gasteiger partial charge on any atom is -0.506 e. The van der Waals surface area contributed by atoms with E-state index in [1.54, 1.807) is 0 Å². The largest absolute Gasteiger partial charge is 0.506 e. The Balaban J connectivity index is 2.41. The molecule has 2 heterocycles. The van der Waals surface area contributed by atoms with Crippen LogP contribution in [0.4, 0.5) is 5.82 Å². The highest BCUT2D eigenvalue weighted by molar-refractivity contribution is 5.59. The van der Waals surface area contributed by atoms with Crippen LogP contribution >= 0.6 is 0 Å². The first-order valence-corrected chi connectivity index (χ1v) is 7.33. The number of hydrogen-bond acceptors (Lipinski definition) is 3. The summed E-state index contributed by atoms with van der Waals surface area (Å²) in [6, 6.07) is 0. The van der Waals surface area contributed by atoms with E-state index in [4.69, 9.17) is 0 Å². The fourth-order valence-electron chi connectivity index (χ4n) is 3.11. The van der Waals surface area contributed by atoms with Crippen molar-refractivity contribution in [1.82, 2.24) is 4.98 Å². The average molecular weight is 262 g/mol. The number of anilines is 1. The van der Waals surface area contributed by atoms with Crippen LogP contribution in [-0.2, 0) is 6.42 Å². The Morgan fingerprint density at radius 1 is 1.37 bits per heavy atom. The molecular formula is C16H26N2O. The number of rotatable bonds is 3. The van der Waals surface area contributed by atoms with Gasteiger partial charge in [0.1, 0.15) is 11.6 Å². The number of pyridine rings is 1. The summed E-state index contributed by atoms with van der Waals surface area (Å²) in [5.74, 6) is 1.43. The molecule has 3 heteroatoms. The summed E-state index contributed by atoms with van der Waals surface area (Å²) < 4.78 is 0. The van der Waals surface area contributed by atoms with Gasteiger partial charge in [0.15, 0.2) is 0 Å². The van der Waals surface area contributed by atoms with Crippen LogP contribution in [0.25, 0.3) is 0 Å². The third-order valence-corrected chi connectivity index (χ3v) is 4.80. The zero-order valence-corrected chi connectivity index (χ0v) is 12.9. The Morgan fingerprint density at radius 2 is 2.05 bits per heavy atom. The molecule has 1 unspecified atom stereocenters. The molecule has 0 saturated heterocycles. The first-order valence-electron chi connectivity index (χ1n) is 7.33. The highest BCUT2D eigenvalue weighted by atomic mass is 16.3. The van der Waals surface area contributed by atoms with Crippen molar-refractivity contribution in [3.63, 3.8) is 0 Å². The van der Waals surface area contributed by atoms with E-state index in [0.29, 0.717) is 5.75 Å². The Morgan fingerprint density at radius 3 is 2.68 bits per heavy atom. The van der Waals surface area contributed by atoms with Gasteiger partial charge < -0.3 is 10.0 Å². The second-order valence-corrected chi connectivity index (χ2v) is 6.13. The van der Waals surface area contributed by atoms with E-state index in [2.05, 4.69) is 30.8 Å². The molecule has 3 nitrogen and oxygen atoms in total. The summed E-state index contributed by atoms with van der Waals surface area (Å²) in [5, 5.41) is 10.0. The van der Waals surface area contributed by atoms with Crippen LogP contribution in [0.5, 0.6) is 5.75 Å². The van der Waals surface area contributed by atoms with Gasteiger partial charge in [0.2, 0.25) is 0 Å². The van der Waals surface area contributed by atoms with Crippen LogP contribution < -0.4 is 4.90 Å². The van der Waals surface area contributed by atoms with Gasteiger partial charge in [0.25, 0.3) is 0 Å². The van der Waals surface area contributed by atoms with Gasteiger partial charge in [0.05, 0.1) is 5.69 Å². The molecule has 1 aromatic heterocycles. The zero-order chi connectivity index (χ0) is 14.2. The van der Waals surface area contributed by atoms with Gasteiger partial charge in [-0.25, -0.2) is 4.98 Å². The van der Waals surface area contributed by atoms with E-state index in [-0.39, 0.29) is 5.54 Å². The summed E-state index contributed by atoms with van der Waals surface area (Å²) in [7, 11) is 2.15. The van der Waals surface area contributed by atoms with E-state index in [1.165, 1.54) is 24.8 Å². The van der Waals surface area contributed by atoms with Crippen molar-refractivity contribution in [2.24, 2.45) is 0 Å². The van der Waals surface area contributed by atoms with Crippen molar-refractivity contribution in [3.05, 3.63) is 16.8 Å². The van der Waals surface area contributed by atoms with Crippen molar-refractivity contribution in [2.45, 2.75) is 65.3 Å². The third-order valence-electron chi connectivity index (χ3n) is 4.80. The van der Waals surface area contributed by atoms with E-state index < -0.39 is 0 Å². The fraction of sp³-hybridized carbons (Fsp3) is 0.688. The highest BCUT2D eigenvalue weighted by Gasteiger charge is 2.36. The van der Waals surface area contributed by atoms with Gasteiger partial charge in [0, 0.05) is 18.2 Å². The van der Waals surface area contributed by atoms with Gasteiger partial charge in [-0.3, -0.25) is 0 Å². The van der Waals surface area contributed by atoms with Crippen LogP contribution in [0.2, 0.25) is 0 Å². The van der Waals surface area contributed by atoms with Gasteiger partial charge in [-0.2, -0.15) is 0 Å². The molecule has 2 rings (SSSR count). The number of unbranched alkanes of at least 4 members (excludes halogenated alkanes) is 1. The Labute approximate surface area is 116 Å². The highest BCUT2D eigenvalue weighted by Crippen LogP contribution is 2.41. The number of fused-ring (bicyclic) bond motifs is 1. The van der Waals surface area contributed by atoms with Gasteiger partial charge in [-0.05, 0) is 45.6 Å². The second-order valence-electron chi connectivity index (χ2n) is 6.13. The maximum absolute atomic E-state index is 10.0. The molecule has 0 saturated carbocycles. The van der Waals surface area contributed by atoms with Crippen LogP contribution in [-0.4, -0.2) is 22.7 Å². The number of aromatic hydroxyl groups is 1. The molecule has 19 heavy (non-hydrogen) atoms. The van der Waals surface area contributed by atoms with E-state index in [9.17, 15) is 5.11 Å². The number of aryl methyl sites for hydroxylation is 1. The number of nitrogens with zero attached hydrogens (tertiary/aromatic N) is 2. The smallest absolute Gasteiger partial charge is 0.140 e. The van der Waals surface area contributed by atoms with E-state index in [0.717, 1.165) is 29.9 Å². The van der Waals surface area contributed by atoms with Crippen molar-refractivity contribution in [3.8, 4) is 5.75 Å². The lowest BCUT2D eigenvalue weighted by Crippen LogP contribution is -2.48. The topological polar surface area (TPSA) is 36.4 Å². The van der Waals surface area contributed by atoms with E-state index in [1.807, 2.05) is 13.8 Å². The summed E-state index contributed by atoms with van der Waals surface area (Å²) in [6.07, 6.45) is 5.86. The normalized spacial score (nSPS) is 22.5. The molecule has 0 aromatic carbocycles. The molecule has 1 aromatic rings. The molecule has 1 aliphatic rings. The molecule has 106 valence electrons. The summed E-state index contributed by atoms with van der Waals surface area (Å²) in [5.41, 5.74) is 3.17. The quantitative estimate of drug-likeness (QED) is 0.901. The average Bonchev–Trinajstić information content (AvgIpc) is 2.39. The van der Waals surface area contributed by atoms with Gasteiger partial charge >= 0.3 is 0 Å². The SMILES string of the molecule is CCCCC1(C)CCc2c(nc(C)c(O)c2C)N1C. The van der Waals surface area contributed by atoms with Crippen molar-refractivity contribution < 1.29 is 5.11 Å². The van der Waals surface area contributed by atoms with Gasteiger partial charge in [-0.1, -0.05) is 19.8 Å². The first-order chi connectivity index (χ1) is 8.90. The lowest BCUT2D eigenvalue weighted by molar-refractivity contribution is 0.351. The predicted molar refractivity (Wildman–Crippen MR) is 80.0 cm³/mol. The molecule has 0 radical (unpaired) electrons. The molecule has 0 aliphatic carbocycles. The summed E-state index contributed by atoms with van der Waals surface area (Å²) in [6.45, 7) is 8.47. The van der Waals surface area contributed by atoms with Crippen LogP contribution in [0.15, 0.2) is 0 Å². The lowest BCUT2D eigenvalue weighted by Gasteiger charge is -2.45. The van der Waals surface area contributed by atoms with Crippen molar-refractivity contribution in [1.29, 1.82) is 0 Å². The summed E-state index contributed by atoms with van der Waals surface area (Å²) >= 11 is 0. The standard InChI is InChI=1S/C16H26N2O/c1-6-7-9-16(4)10-8-13-11(2)14(19)12(3)17-15(13)18(16)5/h19H,6-10H2,1-5H3. The van der Waals surface area contributed by atoms with Crippen LogP contribution in [0, 0.1) is 13.8 Å². The minimum atomic E-state index is 0.200. The molecule has 0 amide bonds. The maximum Gasteiger partial charge on any atom is 0.140 e. The Bertz CT molecular complexity index is 484. The molecule has 1 atom stereocenters. The third kappa shape index (κ3) is 2.31. The van der Waals surface area contributed by atoms with Crippen LogP contribution in [0.3, 0.4) is 0 Å². The molecule has 0 fully saturated rings. The number of aromatic nitrogens is 1. The van der Waals surface area contributed by atoms with Crippen molar-refractivity contribution in [2.75, 3.05) is 11.9 Å². The van der Waals surface area contributed by atoms with Gasteiger partial charge in [-0.15, -0.1) is 0 Å². The molecule has 0 bridgehead atoms. The first kappa shape index (κ1) is 14.2. The lowest BCUT2D eigenvalue weighted by atomic mass is 9.82. The van der Waals surface area contributed by atoms with Crippen molar-refractivity contribution >= 4 is 5.82 Å². The molecule has 1 aliphatic heterocycles. The second kappa shape index (κ2) is 5.03. The minimum absolute atomic E-state index is 0.200.